The molecule has 4 rings (SSSR count). The molecular formula is C24H29F2N7O3. The zero-order valence-electron chi connectivity index (χ0n) is 20.3. The van der Waals surface area contributed by atoms with Gasteiger partial charge >= 0.3 is 0 Å². The van der Waals surface area contributed by atoms with E-state index < -0.39 is 11.6 Å². The SMILES string of the molecule is CC(=O)NCC1CC(c2cc(F)c(N3C(C)CN(/C(N)=N/N=C\c4ccco4)CC3C)c(F)c2)=NO1. The number of nitrogens with one attached hydrogen (secondary N) is 1. The van der Waals surface area contributed by atoms with Gasteiger partial charge in [-0.15, -0.1) is 5.10 Å². The van der Waals surface area contributed by atoms with Crippen molar-refractivity contribution in [3.05, 3.63) is 53.5 Å². The Morgan fingerprint density at radius 2 is 1.97 bits per heavy atom. The summed E-state index contributed by atoms with van der Waals surface area (Å²) in [5, 5.41) is 14.6. The minimum Gasteiger partial charge on any atom is -0.463 e. The van der Waals surface area contributed by atoms with Gasteiger partial charge in [0.1, 0.15) is 29.2 Å². The number of guanidine groups is 1. The van der Waals surface area contributed by atoms with E-state index in [1.807, 2.05) is 18.7 Å². The first-order valence-electron chi connectivity index (χ1n) is 11.6. The maximum Gasteiger partial charge on any atom is 0.217 e. The summed E-state index contributed by atoms with van der Waals surface area (Å²) in [5.74, 6) is -0.803. The van der Waals surface area contributed by atoms with Crippen LogP contribution in [0.2, 0.25) is 0 Å². The fraction of sp³-hybridized carbons (Fsp3) is 0.417. The molecular weight excluding hydrogens is 472 g/mol. The second-order valence-corrected chi connectivity index (χ2v) is 8.92. The summed E-state index contributed by atoms with van der Waals surface area (Å²) in [7, 11) is 0. The highest BCUT2D eigenvalue weighted by Crippen LogP contribution is 2.32. The van der Waals surface area contributed by atoms with Crippen LogP contribution in [0.4, 0.5) is 14.5 Å². The van der Waals surface area contributed by atoms with E-state index in [0.29, 0.717) is 36.5 Å². The van der Waals surface area contributed by atoms with E-state index in [0.717, 1.165) is 0 Å². The predicted octanol–water partition coefficient (Wildman–Crippen LogP) is 2.43. The summed E-state index contributed by atoms with van der Waals surface area (Å²) in [6, 6.07) is 5.49. The molecule has 12 heteroatoms. The van der Waals surface area contributed by atoms with E-state index in [-0.39, 0.29) is 42.3 Å². The molecule has 2 aromatic rings. The first-order valence-corrected chi connectivity index (χ1v) is 11.6. The fourth-order valence-electron chi connectivity index (χ4n) is 4.47. The Morgan fingerprint density at radius 1 is 1.28 bits per heavy atom. The van der Waals surface area contributed by atoms with Crippen LogP contribution in [-0.2, 0) is 9.63 Å². The second-order valence-electron chi connectivity index (χ2n) is 8.92. The number of oxime groups is 1. The number of hydrogen-bond acceptors (Lipinski definition) is 7. The number of carbonyl (C=O) groups excluding carboxylic acids is 1. The van der Waals surface area contributed by atoms with Gasteiger partial charge in [0.2, 0.25) is 11.9 Å². The fourth-order valence-corrected chi connectivity index (χ4v) is 4.47. The van der Waals surface area contributed by atoms with Crippen LogP contribution in [0.5, 0.6) is 0 Å². The molecule has 0 saturated carbocycles. The van der Waals surface area contributed by atoms with E-state index in [9.17, 15) is 4.79 Å². The third kappa shape index (κ3) is 5.64. The number of hydrogen-bond donors (Lipinski definition) is 2. The Hall–Kier alpha value is -3.96. The molecule has 3 atom stereocenters. The van der Waals surface area contributed by atoms with Crippen molar-refractivity contribution in [3.8, 4) is 0 Å². The van der Waals surface area contributed by atoms with E-state index in [2.05, 4.69) is 20.7 Å². The molecule has 1 saturated heterocycles. The summed E-state index contributed by atoms with van der Waals surface area (Å²) in [6.07, 6.45) is 2.94. The molecule has 1 aromatic carbocycles. The Morgan fingerprint density at radius 3 is 2.58 bits per heavy atom. The smallest absolute Gasteiger partial charge is 0.217 e. The lowest BCUT2D eigenvalue weighted by Gasteiger charge is -2.46. The zero-order chi connectivity index (χ0) is 25.8. The topological polar surface area (TPSA) is 121 Å². The molecule has 2 aliphatic heterocycles. The average Bonchev–Trinajstić information content (AvgIpc) is 3.51. The van der Waals surface area contributed by atoms with Gasteiger partial charge in [-0.05, 0) is 38.1 Å². The van der Waals surface area contributed by atoms with E-state index in [1.54, 1.807) is 17.0 Å². The monoisotopic (exact) mass is 501 g/mol. The molecule has 1 fully saturated rings. The Kier molecular flexibility index (Phi) is 7.51. The molecule has 0 radical (unpaired) electrons. The second kappa shape index (κ2) is 10.8. The van der Waals surface area contributed by atoms with Gasteiger partial charge in [0.15, 0.2) is 0 Å². The van der Waals surface area contributed by atoms with Crippen LogP contribution in [-0.4, -0.2) is 66.5 Å². The number of carbonyl (C=O) groups is 1. The van der Waals surface area contributed by atoms with Crippen molar-refractivity contribution in [1.29, 1.82) is 0 Å². The lowest BCUT2D eigenvalue weighted by Crippen LogP contribution is -2.60. The van der Waals surface area contributed by atoms with Gasteiger partial charge in [-0.2, -0.15) is 5.10 Å². The van der Waals surface area contributed by atoms with Crippen molar-refractivity contribution in [2.45, 2.75) is 45.4 Å². The van der Waals surface area contributed by atoms with Crippen molar-refractivity contribution >= 4 is 29.5 Å². The van der Waals surface area contributed by atoms with Crippen molar-refractivity contribution < 1.29 is 22.8 Å². The van der Waals surface area contributed by atoms with Crippen LogP contribution in [0.3, 0.4) is 0 Å². The Bertz CT molecular complexity index is 1150. The van der Waals surface area contributed by atoms with Gasteiger partial charge in [-0.3, -0.25) is 4.79 Å². The summed E-state index contributed by atoms with van der Waals surface area (Å²) in [6.45, 7) is 6.22. The van der Waals surface area contributed by atoms with Crippen LogP contribution >= 0.6 is 0 Å². The Balaban J connectivity index is 1.45. The molecule has 1 aromatic heterocycles. The van der Waals surface area contributed by atoms with Crippen LogP contribution < -0.4 is 16.0 Å². The first-order chi connectivity index (χ1) is 17.2. The maximum atomic E-state index is 15.3. The largest absolute Gasteiger partial charge is 0.463 e. The van der Waals surface area contributed by atoms with E-state index in [1.165, 1.54) is 31.5 Å². The van der Waals surface area contributed by atoms with E-state index >= 15 is 8.78 Å². The summed E-state index contributed by atoms with van der Waals surface area (Å²) in [5.41, 5.74) is 6.75. The van der Waals surface area contributed by atoms with Gasteiger partial charge in [-0.1, -0.05) is 5.16 Å². The molecule has 0 spiro atoms. The molecule has 3 heterocycles. The highest BCUT2D eigenvalue weighted by molar-refractivity contribution is 6.01. The summed E-state index contributed by atoms with van der Waals surface area (Å²) < 4.78 is 35.7. The lowest BCUT2D eigenvalue weighted by molar-refractivity contribution is -0.119. The molecule has 192 valence electrons. The van der Waals surface area contributed by atoms with Crippen molar-refractivity contribution in [3.63, 3.8) is 0 Å². The molecule has 3 unspecified atom stereocenters. The molecule has 0 bridgehead atoms. The zero-order valence-corrected chi connectivity index (χ0v) is 20.3. The summed E-state index contributed by atoms with van der Waals surface area (Å²) in [4.78, 5) is 19.9. The molecule has 10 nitrogen and oxygen atoms in total. The van der Waals surface area contributed by atoms with Gasteiger partial charge in [0.05, 0.1) is 24.7 Å². The van der Waals surface area contributed by atoms with Gasteiger partial charge < -0.3 is 30.1 Å². The number of amides is 1. The lowest BCUT2D eigenvalue weighted by atomic mass is 10.0. The molecule has 36 heavy (non-hydrogen) atoms. The number of piperazine rings is 1. The third-order valence-electron chi connectivity index (χ3n) is 6.05. The number of furan rings is 1. The van der Waals surface area contributed by atoms with Crippen LogP contribution in [0.1, 0.15) is 38.5 Å². The van der Waals surface area contributed by atoms with Crippen molar-refractivity contribution in [2.75, 3.05) is 24.5 Å². The molecule has 1 amide bonds. The number of nitrogens with two attached hydrogens (primary N) is 1. The quantitative estimate of drug-likeness (QED) is 0.356. The van der Waals surface area contributed by atoms with Gasteiger partial charge in [-0.25, -0.2) is 8.78 Å². The Labute approximate surface area is 207 Å². The molecule has 3 N–H and O–H groups in total. The minimum atomic E-state index is -0.685. The number of rotatable bonds is 6. The summed E-state index contributed by atoms with van der Waals surface area (Å²) >= 11 is 0. The molecule has 2 aliphatic rings. The standard InChI is InChI=1S/C24H29F2N7O3/c1-14-12-32(24(27)30-29-11-18-5-4-6-35-18)13-15(2)33(14)23-20(25)7-17(8-21(23)26)22-9-19(36-31-22)10-28-16(3)34/h4-8,11,14-15,19H,9-10,12-13H2,1-3H3,(H2,27,30)(H,28,34)/b29-11-. The van der Waals surface area contributed by atoms with Gasteiger partial charge in [0, 0.05) is 44.1 Å². The highest BCUT2D eigenvalue weighted by atomic mass is 19.1. The van der Waals surface area contributed by atoms with Crippen LogP contribution in [0.25, 0.3) is 0 Å². The normalized spacial score (nSPS) is 22.6. The first kappa shape index (κ1) is 25.1. The third-order valence-corrected chi connectivity index (χ3v) is 6.05. The number of anilines is 1. The minimum absolute atomic E-state index is 0.0981. The number of halogens is 2. The van der Waals surface area contributed by atoms with Gasteiger partial charge in [0.25, 0.3) is 0 Å². The number of benzene rings is 1. The van der Waals surface area contributed by atoms with Crippen molar-refractivity contribution in [2.24, 2.45) is 21.1 Å². The number of nitrogens with zero attached hydrogens (tertiary/aromatic N) is 5. The van der Waals surface area contributed by atoms with Crippen molar-refractivity contribution in [1.82, 2.24) is 10.2 Å². The van der Waals surface area contributed by atoms with Crippen LogP contribution in [0, 0.1) is 11.6 Å². The van der Waals surface area contributed by atoms with E-state index in [4.69, 9.17) is 15.0 Å². The predicted molar refractivity (Wildman–Crippen MR) is 132 cm³/mol. The maximum absolute atomic E-state index is 15.3. The average molecular weight is 502 g/mol. The molecule has 0 aliphatic carbocycles. The van der Waals surface area contributed by atoms with Crippen LogP contribution in [0.15, 0.2) is 50.3 Å². The highest BCUT2D eigenvalue weighted by Gasteiger charge is 2.34.